The van der Waals surface area contributed by atoms with Crippen LogP contribution in [0.2, 0.25) is 0 Å². The Morgan fingerprint density at radius 2 is 2.00 bits per heavy atom. The summed E-state index contributed by atoms with van der Waals surface area (Å²) in [5, 5.41) is 19.6. The van der Waals surface area contributed by atoms with Crippen molar-refractivity contribution in [3.63, 3.8) is 0 Å². The number of rotatable bonds is 4. The molecule has 0 amide bonds. The minimum Gasteiger partial charge on any atom is -0.358 e. The van der Waals surface area contributed by atoms with Gasteiger partial charge in [0, 0.05) is 4.73 Å². The van der Waals surface area contributed by atoms with Gasteiger partial charge in [0.15, 0.2) is 6.07 Å². The molecule has 0 N–H and O–H groups in total. The van der Waals surface area contributed by atoms with Crippen LogP contribution < -0.4 is 4.28 Å². The van der Waals surface area contributed by atoms with Gasteiger partial charge in [-0.1, -0.05) is 17.7 Å². The maximum Gasteiger partial charge on any atom is 0.384 e. The summed E-state index contributed by atoms with van der Waals surface area (Å²) in [6, 6.07) is 7.19. The molecule has 0 fully saturated rings. The van der Waals surface area contributed by atoms with Gasteiger partial charge in [-0.05, 0) is 24.0 Å². The highest BCUT2D eigenvalue weighted by Crippen LogP contribution is 2.16. The summed E-state index contributed by atoms with van der Waals surface area (Å²) in [4.78, 5) is 13.1. The molecule has 9 nitrogen and oxygen atoms in total. The van der Waals surface area contributed by atoms with Crippen molar-refractivity contribution in [3.8, 4) is 6.07 Å². The van der Waals surface area contributed by atoms with E-state index in [1.807, 2.05) is 0 Å². The van der Waals surface area contributed by atoms with Crippen LogP contribution in [-0.2, 0) is 10.1 Å². The second kappa shape index (κ2) is 5.22. The van der Waals surface area contributed by atoms with Crippen molar-refractivity contribution in [2.24, 2.45) is 0 Å². The van der Waals surface area contributed by atoms with Crippen molar-refractivity contribution in [1.82, 2.24) is 9.71 Å². The average molecular weight is 308 g/mol. The third-order valence-electron chi connectivity index (χ3n) is 2.47. The van der Waals surface area contributed by atoms with Crippen LogP contribution in [0.4, 0.5) is 5.82 Å². The predicted molar refractivity (Wildman–Crippen MR) is 68.5 cm³/mol. The second-order valence-corrected chi connectivity index (χ2v) is 5.47. The van der Waals surface area contributed by atoms with Gasteiger partial charge in [-0.25, -0.2) is 0 Å². The Morgan fingerprint density at radius 3 is 2.52 bits per heavy atom. The molecular weight excluding hydrogens is 300 g/mol. The van der Waals surface area contributed by atoms with Crippen LogP contribution in [0.5, 0.6) is 0 Å². The number of hydrogen-bond donors (Lipinski definition) is 0. The molecule has 0 radical (unpaired) electrons. The number of aromatic nitrogens is 2. The first-order valence-electron chi connectivity index (χ1n) is 5.49. The first-order chi connectivity index (χ1) is 9.85. The SMILES string of the molecule is Cc1ccc(S(=O)(=O)On2c([N+](=O)[O-])cnc2C#N)cc1. The quantitative estimate of drug-likeness (QED) is 0.603. The minimum atomic E-state index is -4.32. The van der Waals surface area contributed by atoms with E-state index in [0.29, 0.717) is 0 Å². The molecule has 10 heteroatoms. The molecule has 0 aliphatic heterocycles. The highest BCUT2D eigenvalue weighted by molar-refractivity contribution is 7.87. The standard InChI is InChI=1S/C11H8N4O5S/c1-8-2-4-9(5-3-8)21(18,19)20-14-10(6-12)13-7-11(14)15(16)17/h2-5,7H,1H3. The number of imidazole rings is 1. The van der Waals surface area contributed by atoms with Gasteiger partial charge in [0.2, 0.25) is 0 Å². The number of benzene rings is 1. The van der Waals surface area contributed by atoms with E-state index in [2.05, 4.69) is 9.27 Å². The average Bonchev–Trinajstić information content (AvgIpc) is 2.81. The predicted octanol–water partition coefficient (Wildman–Crippen LogP) is 0.789. The zero-order valence-electron chi connectivity index (χ0n) is 10.6. The molecule has 2 rings (SSSR count). The van der Waals surface area contributed by atoms with Crippen LogP contribution in [0.15, 0.2) is 35.4 Å². The topological polar surface area (TPSA) is 128 Å². The van der Waals surface area contributed by atoms with Gasteiger partial charge in [-0.3, -0.25) is 0 Å². The molecule has 0 atom stereocenters. The zero-order chi connectivity index (χ0) is 15.6. The Hall–Kier alpha value is -2.93. The maximum atomic E-state index is 12.1. The summed E-state index contributed by atoms with van der Waals surface area (Å²) in [5.41, 5.74) is 0.834. The summed E-state index contributed by atoms with van der Waals surface area (Å²) in [7, 11) is -4.32. The van der Waals surface area contributed by atoms with Crippen LogP contribution in [-0.4, -0.2) is 23.1 Å². The smallest absolute Gasteiger partial charge is 0.358 e. The van der Waals surface area contributed by atoms with Gasteiger partial charge >= 0.3 is 21.8 Å². The first-order valence-corrected chi connectivity index (χ1v) is 6.90. The molecule has 1 heterocycles. The van der Waals surface area contributed by atoms with E-state index in [0.717, 1.165) is 11.8 Å². The fourth-order valence-electron chi connectivity index (χ4n) is 1.45. The van der Waals surface area contributed by atoms with Crippen molar-refractivity contribution in [3.05, 3.63) is 52.0 Å². The van der Waals surface area contributed by atoms with E-state index in [-0.39, 0.29) is 9.63 Å². The number of nitrogens with zero attached hydrogens (tertiary/aromatic N) is 4. The molecule has 0 aliphatic rings. The summed E-state index contributed by atoms with van der Waals surface area (Å²) >= 11 is 0. The highest BCUT2D eigenvalue weighted by atomic mass is 32.2. The van der Waals surface area contributed by atoms with Crippen molar-refractivity contribution in [1.29, 1.82) is 5.26 Å². The van der Waals surface area contributed by atoms with Gasteiger partial charge in [-0.15, -0.1) is 0 Å². The number of nitro groups is 1. The molecule has 1 aromatic heterocycles. The third kappa shape index (κ3) is 2.82. The lowest BCUT2D eigenvalue weighted by Gasteiger charge is -2.04. The van der Waals surface area contributed by atoms with E-state index < -0.39 is 26.7 Å². The first kappa shape index (κ1) is 14.5. The third-order valence-corrected chi connectivity index (χ3v) is 3.67. The lowest BCUT2D eigenvalue weighted by Crippen LogP contribution is -2.22. The molecule has 0 aliphatic carbocycles. The van der Waals surface area contributed by atoms with Crippen LogP contribution in [0.25, 0.3) is 0 Å². The van der Waals surface area contributed by atoms with Gasteiger partial charge in [0.05, 0.1) is 0 Å². The minimum absolute atomic E-state index is 0.194. The zero-order valence-corrected chi connectivity index (χ0v) is 11.4. The van der Waals surface area contributed by atoms with Gasteiger partial charge < -0.3 is 10.1 Å². The molecule has 0 spiro atoms. The number of aryl methyl sites for hydroxylation is 1. The Morgan fingerprint density at radius 1 is 1.38 bits per heavy atom. The van der Waals surface area contributed by atoms with Crippen molar-refractivity contribution < 1.29 is 17.6 Å². The molecule has 1 aromatic carbocycles. The summed E-state index contributed by atoms with van der Waals surface area (Å²) < 4.78 is 29.0. The molecule has 0 bridgehead atoms. The van der Waals surface area contributed by atoms with Crippen molar-refractivity contribution in [2.75, 3.05) is 0 Å². The molecule has 0 saturated heterocycles. The van der Waals surface area contributed by atoms with Crippen molar-refractivity contribution >= 4 is 15.9 Å². The molecule has 108 valence electrons. The van der Waals surface area contributed by atoms with Crippen LogP contribution in [0, 0.1) is 28.4 Å². The van der Waals surface area contributed by atoms with Gasteiger partial charge in [0.25, 0.3) is 0 Å². The van der Waals surface area contributed by atoms with Gasteiger partial charge in [-0.2, -0.15) is 22.9 Å². The van der Waals surface area contributed by atoms with Crippen LogP contribution in [0.1, 0.15) is 11.4 Å². The fourth-order valence-corrected chi connectivity index (χ4v) is 2.35. The Balaban J connectivity index is 2.46. The Bertz CT molecular complexity index is 832. The Labute approximate surface area is 119 Å². The molecule has 0 saturated carbocycles. The molecule has 0 unspecified atom stereocenters. The van der Waals surface area contributed by atoms with Crippen molar-refractivity contribution in [2.45, 2.75) is 11.8 Å². The summed E-state index contributed by atoms with van der Waals surface area (Å²) in [6.45, 7) is 1.77. The second-order valence-electron chi connectivity index (χ2n) is 3.95. The molecular formula is C11H8N4O5S. The monoisotopic (exact) mass is 308 g/mol. The summed E-state index contributed by atoms with van der Waals surface area (Å²) in [5.74, 6) is -1.31. The van der Waals surface area contributed by atoms with E-state index >= 15 is 0 Å². The van der Waals surface area contributed by atoms with Gasteiger partial charge in [0.1, 0.15) is 11.1 Å². The normalized spacial score (nSPS) is 10.9. The fraction of sp³-hybridized carbons (Fsp3) is 0.0909. The molecule has 2 aromatic rings. The lowest BCUT2D eigenvalue weighted by molar-refractivity contribution is -0.395. The maximum absolute atomic E-state index is 12.1. The largest absolute Gasteiger partial charge is 0.384 e. The Kier molecular flexibility index (Phi) is 3.60. The van der Waals surface area contributed by atoms with E-state index in [4.69, 9.17) is 5.26 Å². The van der Waals surface area contributed by atoms with Crippen LogP contribution >= 0.6 is 0 Å². The lowest BCUT2D eigenvalue weighted by atomic mass is 10.2. The molecule has 21 heavy (non-hydrogen) atoms. The van der Waals surface area contributed by atoms with E-state index in [1.165, 1.54) is 18.2 Å². The highest BCUT2D eigenvalue weighted by Gasteiger charge is 2.29. The number of nitriles is 1. The van der Waals surface area contributed by atoms with E-state index in [1.54, 1.807) is 19.1 Å². The van der Waals surface area contributed by atoms with E-state index in [9.17, 15) is 18.5 Å². The summed E-state index contributed by atoms with van der Waals surface area (Å²) in [6.07, 6.45) is 0.739. The number of hydrogen-bond acceptors (Lipinski definition) is 7. The van der Waals surface area contributed by atoms with Crippen LogP contribution in [0.3, 0.4) is 0 Å².